The first-order valence-corrected chi connectivity index (χ1v) is 0.424. The van der Waals surface area contributed by atoms with Gasteiger partial charge < -0.3 is 0 Å². The van der Waals surface area contributed by atoms with E-state index in [1.165, 1.54) is 0 Å². The van der Waals surface area contributed by atoms with Crippen molar-refractivity contribution in [3.8, 4) is 0 Å². The maximum absolute atomic E-state index is 6.86. The van der Waals surface area contributed by atoms with Crippen LogP contribution in [0.4, 0.5) is 0 Å². The summed E-state index contributed by atoms with van der Waals surface area (Å²) in [6.45, 7) is 0. The van der Waals surface area contributed by atoms with Crippen LogP contribution >= 0.6 is 0 Å². The summed E-state index contributed by atoms with van der Waals surface area (Å²) in [5, 5.41) is 0. The van der Waals surface area contributed by atoms with Gasteiger partial charge in [-0.25, -0.2) is 0 Å². The first kappa shape index (κ1) is 8.86. The first-order chi connectivity index (χ1) is 1.41. The summed E-state index contributed by atoms with van der Waals surface area (Å²) in [6, 6.07) is 0. The van der Waals surface area contributed by atoms with Crippen LogP contribution in [0.25, 0.3) is 10.4 Å². The predicted octanol–water partition coefficient (Wildman–Crippen LogP) is -0.0407. The zero-order valence-corrected chi connectivity index (χ0v) is 1.39. The molecule has 0 unspecified atom stereocenters. The van der Waals surface area contributed by atoms with Crippen LogP contribution in [0, 0.1) is 5.53 Å². The molecule has 0 aliphatic rings. The van der Waals surface area contributed by atoms with Crippen molar-refractivity contribution in [2.24, 2.45) is 0 Å². The summed E-state index contributed by atoms with van der Waals surface area (Å²) in [5.74, 6) is 0. The van der Waals surface area contributed by atoms with Gasteiger partial charge >= 0.3 is 48.9 Å². The van der Waals surface area contributed by atoms with Crippen molar-refractivity contribution in [3.05, 3.63) is 10.4 Å². The average molecular weight is 182 g/mol. The first-order valence-electron chi connectivity index (χ1n) is 0.424. The van der Waals surface area contributed by atoms with Crippen LogP contribution in [0.3, 0.4) is 0 Å². The van der Waals surface area contributed by atoms with E-state index in [2.05, 4.69) is 0 Å². The predicted molar refractivity (Wildman–Crippen MR) is 18.0 cm³/mol. The van der Waals surface area contributed by atoms with E-state index in [9.17, 15) is 0 Å². The average Bonchev–Trinajstić information content (AvgIpc) is 0.918. The Morgan fingerprint density at radius 2 is 1.75 bits per heavy atom. The summed E-state index contributed by atoms with van der Waals surface area (Å²) >= 11 is 0. The van der Waals surface area contributed by atoms with Gasteiger partial charge in [-0.1, -0.05) is 0 Å². The van der Waals surface area contributed by atoms with Crippen LogP contribution in [0.5, 0.6) is 0 Å². The van der Waals surface area contributed by atoms with Crippen LogP contribution < -0.4 is 0 Å². The van der Waals surface area contributed by atoms with Gasteiger partial charge in [-0.05, 0) is 10.4 Å². The molecule has 0 rings (SSSR count). The number of hydrogen-bond acceptors (Lipinski definition) is 1. The maximum atomic E-state index is 6.86. The second kappa shape index (κ2) is 9.10. The molecule has 1 N–H and O–H groups in total. The van der Waals surface area contributed by atoms with Crippen molar-refractivity contribution < 1.29 is 0 Å². The molecule has 0 aromatic carbocycles. The Balaban J connectivity index is 0. The second-order valence-corrected chi connectivity index (χ2v) is 0.100. The van der Waals surface area contributed by atoms with Crippen LogP contribution in [0.2, 0.25) is 0 Å². The van der Waals surface area contributed by atoms with Gasteiger partial charge in [-0.3, -0.25) is 0 Å². The summed E-state index contributed by atoms with van der Waals surface area (Å²) in [4.78, 5) is 1.75. The molecule has 0 fully saturated rings. The monoisotopic (exact) mass is 183 g/mol. The fourth-order valence-corrected chi connectivity index (χ4v) is 0. The summed E-state index contributed by atoms with van der Waals surface area (Å²) in [6.07, 6.45) is 0. The van der Waals surface area contributed by atoms with Crippen LogP contribution in [-0.4, -0.2) is 48.9 Å². The summed E-state index contributed by atoms with van der Waals surface area (Å²) in [5.41, 5.74) is 12.2. The van der Waals surface area contributed by atoms with Gasteiger partial charge in [0.15, 0.2) is 0 Å². The van der Waals surface area contributed by atoms with Crippen LogP contribution in [-0.2, 0) is 0 Å². The van der Waals surface area contributed by atoms with Crippen molar-refractivity contribution in [2.45, 2.75) is 0 Å². The molecule has 0 aromatic heterocycles. The Labute approximate surface area is 63.9 Å². The van der Waals surface area contributed by atoms with Gasteiger partial charge in [0.25, 0.3) is 0 Å². The molecule has 0 bridgehead atoms. The minimum atomic E-state index is 0. The van der Waals surface area contributed by atoms with Gasteiger partial charge in [-0.2, -0.15) is 0 Å². The third-order valence-corrected chi connectivity index (χ3v) is 0. The molecule has 0 saturated carbocycles. The van der Waals surface area contributed by atoms with E-state index >= 15 is 0 Å². The summed E-state index contributed by atoms with van der Waals surface area (Å²) < 4.78 is 0. The summed E-state index contributed by atoms with van der Waals surface area (Å²) in [7, 11) is 0. The molecule has 0 radical (unpaired) electrons. The quantitative estimate of drug-likeness (QED) is 0.236. The van der Waals surface area contributed by atoms with Crippen molar-refractivity contribution in [3.63, 3.8) is 0 Å². The topological polar surface area (TPSA) is 60.3 Å². The van der Waals surface area contributed by atoms with Gasteiger partial charge in [0, 0.05) is 0 Å². The molecule has 4 heteroatoms. The van der Waals surface area contributed by atoms with Gasteiger partial charge in [0.05, 0.1) is 0 Å². The van der Waals surface area contributed by atoms with E-state index in [0.29, 0.717) is 0 Å². The van der Waals surface area contributed by atoms with Crippen molar-refractivity contribution in [1.82, 2.24) is 0 Å². The van der Waals surface area contributed by atoms with E-state index in [1.54, 1.807) is 4.91 Å². The molecule has 3 nitrogen and oxygen atoms in total. The fraction of sp³-hybridized carbons (Fsp3) is 0. The Hall–Kier alpha value is 0.881. The SMILES string of the molecule is [BaH2].[N-]=[N+]=N. The van der Waals surface area contributed by atoms with E-state index < -0.39 is 0 Å². The van der Waals surface area contributed by atoms with E-state index in [0.717, 1.165) is 0 Å². The minimum Gasteiger partial charge on any atom is -0.108 e. The minimum absolute atomic E-state index is 0. The molecule has 0 saturated heterocycles. The maximum Gasteiger partial charge on any atom is -0.00208 e. The molecular formula is H3BaN3. The second-order valence-electron chi connectivity index (χ2n) is 0.100. The van der Waals surface area contributed by atoms with Gasteiger partial charge in [0.2, 0.25) is 0 Å². The molecule has 0 spiro atoms. The molecule has 0 aromatic rings. The normalized spacial score (nSPS) is 2.00. The van der Waals surface area contributed by atoms with Crippen LogP contribution in [0.15, 0.2) is 0 Å². The van der Waals surface area contributed by atoms with Crippen molar-refractivity contribution in [1.29, 1.82) is 5.53 Å². The molecule has 0 amide bonds. The molecule has 20 valence electrons. The molecular weight excluding hydrogens is 179 g/mol. The van der Waals surface area contributed by atoms with Gasteiger partial charge in [0.1, 0.15) is 0 Å². The largest absolute Gasteiger partial charge is 0.108 e. The standard InChI is InChI=1S/Ba.HN3.2H/c;1-3-2;;/h;1H;;. The van der Waals surface area contributed by atoms with E-state index in [4.69, 9.17) is 11.1 Å². The van der Waals surface area contributed by atoms with Gasteiger partial charge in [-0.15, -0.1) is 5.53 Å². The molecule has 0 heterocycles. The molecule has 0 atom stereocenters. The zero-order valence-electron chi connectivity index (χ0n) is 1.39. The fourth-order valence-electron chi connectivity index (χ4n) is 0. The van der Waals surface area contributed by atoms with Crippen molar-refractivity contribution >= 4 is 48.9 Å². The van der Waals surface area contributed by atoms with Crippen LogP contribution in [0.1, 0.15) is 0 Å². The number of hydrogen-bond donors (Lipinski definition) is 1. The Kier molecular flexibility index (Phi) is 20.2. The van der Waals surface area contributed by atoms with E-state index in [-0.39, 0.29) is 48.9 Å². The smallest absolute Gasteiger partial charge is 0.00208 e. The third-order valence-electron chi connectivity index (χ3n) is 0. The number of nitrogens with one attached hydrogen (secondary N) is 1. The molecule has 0 aliphatic carbocycles. The molecule has 4 heavy (non-hydrogen) atoms. The Morgan fingerprint density at radius 1 is 1.75 bits per heavy atom. The van der Waals surface area contributed by atoms with Crippen molar-refractivity contribution in [2.75, 3.05) is 0 Å². The Morgan fingerprint density at radius 3 is 1.75 bits per heavy atom. The number of rotatable bonds is 0. The number of nitrogens with zero attached hydrogens (tertiary/aromatic N) is 2. The zero-order chi connectivity index (χ0) is 2.71. The molecule has 0 aliphatic heterocycles. The third kappa shape index (κ3) is 13.1. The Bertz CT molecular complexity index is 24.3. The van der Waals surface area contributed by atoms with E-state index in [1.807, 2.05) is 0 Å².